The molecule has 1 amide bonds. The maximum atomic E-state index is 12.9. The van der Waals surface area contributed by atoms with Gasteiger partial charge in [0.25, 0.3) is 0 Å². The van der Waals surface area contributed by atoms with Gasteiger partial charge in [0.15, 0.2) is 0 Å². The molecule has 2 heterocycles. The van der Waals surface area contributed by atoms with Crippen LogP contribution in [0.1, 0.15) is 62.9 Å². The van der Waals surface area contributed by atoms with E-state index in [0.29, 0.717) is 18.4 Å². The van der Waals surface area contributed by atoms with E-state index in [2.05, 4.69) is 43.1 Å². The zero-order valence-corrected chi connectivity index (χ0v) is 17.0. The van der Waals surface area contributed by atoms with E-state index in [0.717, 1.165) is 12.1 Å². The van der Waals surface area contributed by atoms with Crippen LogP contribution in [-0.2, 0) is 4.74 Å². The first-order valence-corrected chi connectivity index (χ1v) is 10.1. The highest BCUT2D eigenvalue weighted by Crippen LogP contribution is 2.42. The molecule has 3 atom stereocenters. The van der Waals surface area contributed by atoms with Gasteiger partial charge in [0, 0.05) is 17.8 Å². The Hall–Kier alpha value is -1.88. The monoisotopic (exact) mass is 372 g/mol. The number of ether oxygens (including phenoxy) is 1. The summed E-state index contributed by atoms with van der Waals surface area (Å²) in [5, 5.41) is 2.04. The van der Waals surface area contributed by atoms with Crippen LogP contribution in [0.3, 0.4) is 0 Å². The topological polar surface area (TPSA) is 42.4 Å². The van der Waals surface area contributed by atoms with Crippen LogP contribution < -0.4 is 0 Å². The van der Waals surface area contributed by atoms with E-state index in [1.54, 1.807) is 11.3 Å². The molecule has 1 aliphatic heterocycles. The van der Waals surface area contributed by atoms with Crippen molar-refractivity contribution in [3.8, 4) is 0 Å². The summed E-state index contributed by atoms with van der Waals surface area (Å²) in [6.07, 6.45) is 0.641. The van der Waals surface area contributed by atoms with Gasteiger partial charge >= 0.3 is 6.09 Å². The van der Waals surface area contributed by atoms with E-state index in [-0.39, 0.29) is 12.1 Å². The smallest absolute Gasteiger partial charge is 0.410 e. The molecule has 1 saturated heterocycles. The van der Waals surface area contributed by atoms with Crippen LogP contribution in [0.5, 0.6) is 0 Å². The molecule has 1 aromatic carbocycles. The molecule has 140 valence electrons. The van der Waals surface area contributed by atoms with Crippen LogP contribution in [0.2, 0.25) is 0 Å². The predicted molar refractivity (Wildman–Crippen MR) is 105 cm³/mol. The largest absolute Gasteiger partial charge is 0.444 e. The number of likely N-dealkylation sites (tertiary alicyclic amines) is 1. The summed E-state index contributed by atoms with van der Waals surface area (Å²) in [5.74, 6) is 0.763. The van der Waals surface area contributed by atoms with Crippen molar-refractivity contribution in [1.82, 2.24) is 9.88 Å². The Bertz CT molecular complexity index is 752. The molecule has 5 heteroatoms. The number of aromatic nitrogens is 1. The van der Waals surface area contributed by atoms with E-state index in [1.165, 1.54) is 11.1 Å². The lowest BCUT2D eigenvalue weighted by atomic mass is 9.78. The Morgan fingerprint density at radius 1 is 1.35 bits per heavy atom. The third kappa shape index (κ3) is 4.26. The van der Waals surface area contributed by atoms with Crippen LogP contribution in [0.4, 0.5) is 4.79 Å². The SMILES string of the molecule is Cc1cccc(C2CN(C(=O)OC(C)(C)C)C(c3cscn3)CC2C)c1. The Morgan fingerprint density at radius 2 is 2.12 bits per heavy atom. The average molecular weight is 373 g/mol. The molecule has 4 nitrogen and oxygen atoms in total. The number of benzene rings is 1. The molecule has 0 spiro atoms. The Kier molecular flexibility index (Phi) is 5.37. The van der Waals surface area contributed by atoms with Gasteiger partial charge in [-0.2, -0.15) is 0 Å². The van der Waals surface area contributed by atoms with Crippen molar-refractivity contribution in [3.63, 3.8) is 0 Å². The van der Waals surface area contributed by atoms with Crippen LogP contribution >= 0.6 is 11.3 Å². The van der Waals surface area contributed by atoms with Crippen LogP contribution in [0.25, 0.3) is 0 Å². The average Bonchev–Trinajstić information content (AvgIpc) is 3.07. The van der Waals surface area contributed by atoms with Gasteiger partial charge in [-0.15, -0.1) is 11.3 Å². The maximum Gasteiger partial charge on any atom is 0.410 e. The molecule has 1 fully saturated rings. The second-order valence-electron chi connectivity index (χ2n) is 8.30. The minimum atomic E-state index is -0.508. The molecule has 0 bridgehead atoms. The van der Waals surface area contributed by atoms with Gasteiger partial charge < -0.3 is 4.74 Å². The van der Waals surface area contributed by atoms with Crippen molar-refractivity contribution in [2.75, 3.05) is 6.54 Å². The quantitative estimate of drug-likeness (QED) is 0.694. The van der Waals surface area contributed by atoms with Gasteiger partial charge in [-0.05, 0) is 45.6 Å². The zero-order valence-electron chi connectivity index (χ0n) is 16.2. The first kappa shape index (κ1) is 18.9. The fourth-order valence-electron chi connectivity index (χ4n) is 3.69. The van der Waals surface area contributed by atoms with Crippen molar-refractivity contribution in [3.05, 3.63) is 52.0 Å². The fraction of sp³-hybridized carbons (Fsp3) is 0.524. The number of nitrogens with zero attached hydrogens (tertiary/aromatic N) is 2. The summed E-state index contributed by atoms with van der Waals surface area (Å²) in [6.45, 7) is 10.8. The number of amides is 1. The molecular weight excluding hydrogens is 344 g/mol. The molecular formula is C21H28N2O2S. The minimum absolute atomic E-state index is 0.0211. The molecule has 0 radical (unpaired) electrons. The number of rotatable bonds is 2. The van der Waals surface area contributed by atoms with Crippen LogP contribution in [0, 0.1) is 12.8 Å². The van der Waals surface area contributed by atoms with Gasteiger partial charge in [-0.25, -0.2) is 9.78 Å². The molecule has 26 heavy (non-hydrogen) atoms. The Morgan fingerprint density at radius 3 is 2.73 bits per heavy atom. The number of hydrogen-bond donors (Lipinski definition) is 0. The Labute approximate surface area is 160 Å². The molecule has 0 saturated carbocycles. The van der Waals surface area contributed by atoms with Crippen LogP contribution in [0.15, 0.2) is 35.2 Å². The summed E-state index contributed by atoms with van der Waals surface area (Å²) in [6, 6.07) is 8.59. The second kappa shape index (κ2) is 7.39. The van der Waals surface area contributed by atoms with Crippen molar-refractivity contribution in [1.29, 1.82) is 0 Å². The Balaban J connectivity index is 1.90. The lowest BCUT2D eigenvalue weighted by molar-refractivity contribution is 0.000819. The lowest BCUT2D eigenvalue weighted by Gasteiger charge is -2.43. The highest BCUT2D eigenvalue weighted by molar-refractivity contribution is 7.07. The lowest BCUT2D eigenvalue weighted by Crippen LogP contribution is -2.46. The molecule has 0 N–H and O–H groups in total. The van der Waals surface area contributed by atoms with Crippen molar-refractivity contribution in [2.45, 2.75) is 58.6 Å². The number of thiazole rings is 1. The van der Waals surface area contributed by atoms with Gasteiger partial charge in [0.1, 0.15) is 5.60 Å². The van der Waals surface area contributed by atoms with Gasteiger partial charge in [-0.3, -0.25) is 4.90 Å². The van der Waals surface area contributed by atoms with Crippen molar-refractivity contribution < 1.29 is 9.53 Å². The molecule has 0 aliphatic carbocycles. The standard InChI is InChI=1S/C21H28N2O2S/c1-14-7-6-8-16(9-14)17-11-23(20(24)25-21(3,4)5)19(10-15(17)2)18-12-26-13-22-18/h6-9,12-13,15,17,19H,10-11H2,1-5H3. The first-order valence-electron chi connectivity index (χ1n) is 9.19. The molecule has 1 aliphatic rings. The van der Waals surface area contributed by atoms with E-state index in [9.17, 15) is 4.79 Å². The van der Waals surface area contributed by atoms with Gasteiger partial charge in [0.05, 0.1) is 17.2 Å². The minimum Gasteiger partial charge on any atom is -0.444 e. The highest BCUT2D eigenvalue weighted by Gasteiger charge is 2.39. The van der Waals surface area contributed by atoms with Crippen molar-refractivity contribution in [2.24, 2.45) is 5.92 Å². The maximum absolute atomic E-state index is 12.9. The number of aryl methyl sites for hydroxylation is 1. The van der Waals surface area contributed by atoms with E-state index >= 15 is 0 Å². The summed E-state index contributed by atoms with van der Waals surface area (Å²) >= 11 is 1.57. The summed E-state index contributed by atoms with van der Waals surface area (Å²) in [4.78, 5) is 19.3. The third-order valence-corrected chi connectivity index (χ3v) is 5.55. The molecule has 3 unspecified atom stereocenters. The van der Waals surface area contributed by atoms with E-state index in [4.69, 9.17) is 4.74 Å². The fourth-order valence-corrected chi connectivity index (χ4v) is 4.29. The van der Waals surface area contributed by atoms with Gasteiger partial charge in [-0.1, -0.05) is 36.8 Å². The van der Waals surface area contributed by atoms with E-state index in [1.807, 2.05) is 36.6 Å². The number of carbonyl (C=O) groups excluding carboxylic acids is 1. The first-order chi connectivity index (χ1) is 12.2. The van der Waals surface area contributed by atoms with Crippen LogP contribution in [-0.4, -0.2) is 28.1 Å². The van der Waals surface area contributed by atoms with Crippen molar-refractivity contribution >= 4 is 17.4 Å². The summed E-state index contributed by atoms with van der Waals surface area (Å²) < 4.78 is 5.71. The predicted octanol–water partition coefficient (Wildman–Crippen LogP) is 5.55. The second-order valence-corrected chi connectivity index (χ2v) is 9.01. The highest BCUT2D eigenvalue weighted by atomic mass is 32.1. The number of carbonyl (C=O) groups is 1. The molecule has 2 aromatic rings. The summed E-state index contributed by atoms with van der Waals surface area (Å²) in [5.41, 5.74) is 4.84. The number of piperidine rings is 1. The molecule has 3 rings (SSSR count). The van der Waals surface area contributed by atoms with Gasteiger partial charge in [0.2, 0.25) is 0 Å². The summed E-state index contributed by atoms with van der Waals surface area (Å²) in [7, 11) is 0. The normalized spacial score (nSPS) is 23.7. The van der Waals surface area contributed by atoms with E-state index < -0.39 is 5.60 Å². The zero-order chi connectivity index (χ0) is 18.9. The number of hydrogen-bond acceptors (Lipinski definition) is 4. The molecule has 1 aromatic heterocycles. The third-order valence-electron chi connectivity index (χ3n) is 4.94.